The van der Waals surface area contributed by atoms with E-state index < -0.39 is 0 Å². The highest BCUT2D eigenvalue weighted by Crippen LogP contribution is 2.19. The Kier molecular flexibility index (Phi) is 10.4. The minimum atomic E-state index is 0.821. The Bertz CT molecular complexity index is 120. The zero-order chi connectivity index (χ0) is 11.5. The predicted molar refractivity (Wildman–Crippen MR) is 69.3 cm³/mol. The van der Waals surface area contributed by atoms with Crippen molar-refractivity contribution in [2.75, 3.05) is 20.1 Å². The topological polar surface area (TPSA) is 24.1 Å². The van der Waals surface area contributed by atoms with Crippen molar-refractivity contribution in [1.29, 1.82) is 0 Å². The molecule has 0 bridgehead atoms. The summed E-state index contributed by atoms with van der Waals surface area (Å²) >= 11 is 0. The lowest BCUT2D eigenvalue weighted by Crippen LogP contribution is -2.25. The number of hydrogen-bond donors (Lipinski definition) is 2. The Morgan fingerprint density at radius 1 is 1.40 bits per heavy atom. The van der Waals surface area contributed by atoms with Gasteiger partial charge in [-0.15, -0.1) is 0 Å². The third kappa shape index (κ3) is 6.91. The van der Waals surface area contributed by atoms with Gasteiger partial charge in [-0.25, -0.2) is 0 Å². The second-order valence-electron chi connectivity index (χ2n) is 4.20. The van der Waals surface area contributed by atoms with Crippen molar-refractivity contribution in [2.45, 2.75) is 58.9 Å². The van der Waals surface area contributed by atoms with Gasteiger partial charge in [-0.1, -0.05) is 27.2 Å². The molecule has 0 saturated carbocycles. The summed E-state index contributed by atoms with van der Waals surface area (Å²) in [6, 6.07) is 0.821. The molecule has 15 heavy (non-hydrogen) atoms. The molecule has 2 nitrogen and oxygen atoms in total. The molecule has 1 saturated heterocycles. The van der Waals surface area contributed by atoms with Crippen LogP contribution in [0.5, 0.6) is 0 Å². The molecule has 0 aromatic heterocycles. The van der Waals surface area contributed by atoms with E-state index in [0.717, 1.165) is 12.0 Å². The summed E-state index contributed by atoms with van der Waals surface area (Å²) in [5, 5.41) is 6.81. The molecule has 1 heterocycles. The van der Waals surface area contributed by atoms with Gasteiger partial charge in [-0.2, -0.15) is 0 Å². The molecule has 1 fully saturated rings. The summed E-state index contributed by atoms with van der Waals surface area (Å²) in [7, 11) is 2.04. The van der Waals surface area contributed by atoms with Crippen molar-refractivity contribution in [2.24, 2.45) is 5.92 Å². The quantitative estimate of drug-likeness (QED) is 0.710. The monoisotopic (exact) mass is 214 g/mol. The average Bonchev–Trinajstić information content (AvgIpc) is 2.79. The molecular weight excluding hydrogens is 184 g/mol. The first-order chi connectivity index (χ1) is 7.36. The van der Waals surface area contributed by atoms with E-state index in [1.807, 2.05) is 20.9 Å². The fraction of sp³-hybridized carbons (Fsp3) is 1.00. The number of rotatable bonds is 6. The van der Waals surface area contributed by atoms with Crippen molar-refractivity contribution in [3.05, 3.63) is 0 Å². The van der Waals surface area contributed by atoms with E-state index >= 15 is 0 Å². The highest BCUT2D eigenvalue weighted by atomic mass is 14.9. The van der Waals surface area contributed by atoms with Gasteiger partial charge in [0, 0.05) is 6.04 Å². The summed E-state index contributed by atoms with van der Waals surface area (Å²) in [6.45, 7) is 8.73. The zero-order valence-electron chi connectivity index (χ0n) is 11.1. The van der Waals surface area contributed by atoms with Crippen LogP contribution in [0, 0.1) is 5.92 Å². The van der Waals surface area contributed by atoms with Gasteiger partial charge in [0.2, 0.25) is 0 Å². The van der Waals surface area contributed by atoms with Crippen molar-refractivity contribution in [3.8, 4) is 0 Å². The first kappa shape index (κ1) is 14.9. The van der Waals surface area contributed by atoms with Gasteiger partial charge in [0.15, 0.2) is 0 Å². The largest absolute Gasteiger partial charge is 0.320 e. The van der Waals surface area contributed by atoms with Crippen LogP contribution in [0.15, 0.2) is 0 Å². The van der Waals surface area contributed by atoms with E-state index in [1.165, 1.54) is 45.2 Å². The standard InChI is InChI=1S/C11H24N2.C2H6/c1-3-10(6-8-12-2)9-11-5-4-7-13-11;1-2/h10-13H,3-9H2,1-2H3;1-2H3. The maximum absolute atomic E-state index is 3.58. The van der Waals surface area contributed by atoms with Crippen LogP contribution in [0.2, 0.25) is 0 Å². The Morgan fingerprint density at radius 2 is 2.13 bits per heavy atom. The molecule has 2 atom stereocenters. The van der Waals surface area contributed by atoms with Crippen LogP contribution in [-0.4, -0.2) is 26.2 Å². The van der Waals surface area contributed by atoms with Crippen molar-refractivity contribution in [1.82, 2.24) is 10.6 Å². The molecule has 1 aliphatic rings. The molecule has 0 aromatic carbocycles. The molecule has 0 aromatic rings. The van der Waals surface area contributed by atoms with Gasteiger partial charge >= 0.3 is 0 Å². The van der Waals surface area contributed by atoms with Crippen molar-refractivity contribution in [3.63, 3.8) is 0 Å². The summed E-state index contributed by atoms with van der Waals surface area (Å²) < 4.78 is 0. The smallest absolute Gasteiger partial charge is 0.00701 e. The Morgan fingerprint density at radius 3 is 2.60 bits per heavy atom. The van der Waals surface area contributed by atoms with Crippen molar-refractivity contribution >= 4 is 0 Å². The lowest BCUT2D eigenvalue weighted by atomic mass is 9.93. The normalized spacial score (nSPS) is 22.0. The maximum Gasteiger partial charge on any atom is 0.00701 e. The van der Waals surface area contributed by atoms with Crippen LogP contribution in [-0.2, 0) is 0 Å². The molecule has 2 heteroatoms. The van der Waals surface area contributed by atoms with Gasteiger partial charge in [0.25, 0.3) is 0 Å². The molecule has 0 radical (unpaired) electrons. The second kappa shape index (κ2) is 10.4. The van der Waals surface area contributed by atoms with E-state index in [0.29, 0.717) is 0 Å². The molecule has 2 N–H and O–H groups in total. The zero-order valence-corrected chi connectivity index (χ0v) is 11.1. The Labute approximate surface area is 96.2 Å². The first-order valence-electron chi connectivity index (χ1n) is 6.74. The SMILES string of the molecule is CC.CCC(CCNC)CC1CCCN1. The molecule has 92 valence electrons. The summed E-state index contributed by atoms with van der Waals surface area (Å²) in [5.74, 6) is 0.919. The highest BCUT2D eigenvalue weighted by molar-refractivity contribution is 4.77. The number of hydrogen-bond acceptors (Lipinski definition) is 2. The fourth-order valence-corrected chi connectivity index (χ4v) is 2.20. The maximum atomic E-state index is 3.58. The molecule has 1 aliphatic heterocycles. The van der Waals surface area contributed by atoms with Crippen molar-refractivity contribution < 1.29 is 0 Å². The van der Waals surface area contributed by atoms with Gasteiger partial charge in [-0.3, -0.25) is 0 Å². The molecule has 2 unspecified atom stereocenters. The first-order valence-corrected chi connectivity index (χ1v) is 6.74. The van der Waals surface area contributed by atoms with Gasteiger partial charge in [0.1, 0.15) is 0 Å². The summed E-state index contributed by atoms with van der Waals surface area (Å²) in [4.78, 5) is 0. The fourth-order valence-electron chi connectivity index (χ4n) is 2.20. The number of nitrogens with one attached hydrogen (secondary N) is 2. The van der Waals surface area contributed by atoms with Crippen LogP contribution in [0.3, 0.4) is 0 Å². The second-order valence-corrected chi connectivity index (χ2v) is 4.20. The summed E-state index contributed by atoms with van der Waals surface area (Å²) in [5.41, 5.74) is 0. The van der Waals surface area contributed by atoms with Crippen LogP contribution in [0.25, 0.3) is 0 Å². The lowest BCUT2D eigenvalue weighted by Gasteiger charge is -2.19. The van der Waals surface area contributed by atoms with E-state index in [4.69, 9.17) is 0 Å². The molecule has 0 spiro atoms. The lowest BCUT2D eigenvalue weighted by molar-refractivity contribution is 0.375. The van der Waals surface area contributed by atoms with Gasteiger partial charge in [0.05, 0.1) is 0 Å². The molecule has 0 amide bonds. The third-order valence-electron chi connectivity index (χ3n) is 3.16. The molecule has 0 aliphatic carbocycles. The van der Waals surface area contributed by atoms with E-state index in [9.17, 15) is 0 Å². The third-order valence-corrected chi connectivity index (χ3v) is 3.16. The minimum absolute atomic E-state index is 0.821. The highest BCUT2D eigenvalue weighted by Gasteiger charge is 2.17. The van der Waals surface area contributed by atoms with Gasteiger partial charge in [-0.05, 0) is 51.7 Å². The minimum Gasteiger partial charge on any atom is -0.320 e. The van der Waals surface area contributed by atoms with E-state index in [2.05, 4.69) is 17.6 Å². The Hall–Kier alpha value is -0.0800. The summed E-state index contributed by atoms with van der Waals surface area (Å²) in [6.07, 6.45) is 6.84. The van der Waals surface area contributed by atoms with E-state index in [-0.39, 0.29) is 0 Å². The Balaban J connectivity index is 0.000000921. The van der Waals surface area contributed by atoms with Crippen LogP contribution < -0.4 is 10.6 Å². The molecule has 1 rings (SSSR count). The van der Waals surface area contributed by atoms with Gasteiger partial charge < -0.3 is 10.6 Å². The van der Waals surface area contributed by atoms with Crippen LogP contribution in [0.1, 0.15) is 52.9 Å². The van der Waals surface area contributed by atoms with Crippen LogP contribution >= 0.6 is 0 Å². The molecular formula is C13H30N2. The average molecular weight is 214 g/mol. The predicted octanol–water partition coefficient (Wildman–Crippen LogP) is 2.79. The van der Waals surface area contributed by atoms with Crippen LogP contribution in [0.4, 0.5) is 0 Å². The van der Waals surface area contributed by atoms with E-state index in [1.54, 1.807) is 0 Å².